The molecule has 3 aromatic rings. The standard InChI is InChI=1S/C30H36N6O4/c1-5-31-29(39)35-26-18-24(33-20-10-7-6-8-11-20)23(19-32-26)27(37)34-21-13-15-22(16-14-21)36-17-9-12-25(36)28(38)40-30(2,3)4/h6-8,10-11,13-16,18-19,25H,5,9,12,17H2,1-4H3,(H,34,37)(H3,31,32,33,35,39)/t25-/m0/s1. The van der Waals surface area contributed by atoms with Gasteiger partial charge in [-0.15, -0.1) is 0 Å². The van der Waals surface area contributed by atoms with Crippen LogP contribution in [0.1, 0.15) is 50.9 Å². The molecule has 0 aliphatic carbocycles. The molecule has 1 saturated heterocycles. The molecule has 1 atom stereocenters. The number of hydrogen-bond donors (Lipinski definition) is 4. The Morgan fingerprint density at radius 1 is 1.00 bits per heavy atom. The quantitative estimate of drug-likeness (QED) is 0.275. The molecule has 0 radical (unpaired) electrons. The molecule has 0 unspecified atom stereocenters. The highest BCUT2D eigenvalue weighted by molar-refractivity contribution is 6.08. The number of urea groups is 1. The summed E-state index contributed by atoms with van der Waals surface area (Å²) in [7, 11) is 0. The van der Waals surface area contributed by atoms with Crippen LogP contribution in [0.25, 0.3) is 0 Å². The number of para-hydroxylation sites is 1. The van der Waals surface area contributed by atoms with Crippen molar-refractivity contribution in [1.29, 1.82) is 0 Å². The van der Waals surface area contributed by atoms with E-state index < -0.39 is 5.60 Å². The third-order valence-electron chi connectivity index (χ3n) is 6.17. The largest absolute Gasteiger partial charge is 0.458 e. The molecular weight excluding hydrogens is 508 g/mol. The molecule has 10 nitrogen and oxygen atoms in total. The number of aromatic nitrogens is 1. The second-order valence-electron chi connectivity index (χ2n) is 10.5. The van der Waals surface area contributed by atoms with E-state index in [1.54, 1.807) is 18.2 Å². The Kier molecular flexibility index (Phi) is 8.88. The van der Waals surface area contributed by atoms with Gasteiger partial charge in [0, 0.05) is 42.4 Å². The van der Waals surface area contributed by atoms with Crippen molar-refractivity contribution in [3.8, 4) is 0 Å². The number of carbonyl (C=O) groups is 3. The van der Waals surface area contributed by atoms with Gasteiger partial charge in [0.25, 0.3) is 5.91 Å². The summed E-state index contributed by atoms with van der Waals surface area (Å²) in [6.07, 6.45) is 3.06. The Morgan fingerprint density at radius 2 is 1.73 bits per heavy atom. The lowest BCUT2D eigenvalue weighted by molar-refractivity contribution is -0.156. The van der Waals surface area contributed by atoms with Gasteiger partial charge in [0.2, 0.25) is 0 Å². The number of amides is 3. The van der Waals surface area contributed by atoms with E-state index in [9.17, 15) is 14.4 Å². The van der Waals surface area contributed by atoms with Gasteiger partial charge >= 0.3 is 12.0 Å². The first-order valence-electron chi connectivity index (χ1n) is 13.4. The van der Waals surface area contributed by atoms with Gasteiger partial charge in [-0.2, -0.15) is 0 Å². The number of nitrogens with one attached hydrogen (secondary N) is 4. The molecule has 10 heteroatoms. The number of hydrogen-bond acceptors (Lipinski definition) is 7. The van der Waals surface area contributed by atoms with Crippen molar-refractivity contribution < 1.29 is 19.1 Å². The summed E-state index contributed by atoms with van der Waals surface area (Å²) in [6.45, 7) is 8.65. The number of carbonyl (C=O) groups excluding carboxylic acids is 3. The average molecular weight is 545 g/mol. The van der Waals surface area contributed by atoms with Gasteiger partial charge in [-0.3, -0.25) is 10.1 Å². The van der Waals surface area contributed by atoms with E-state index in [1.807, 2.05) is 75.1 Å². The van der Waals surface area contributed by atoms with Crippen LogP contribution in [0.4, 0.5) is 33.4 Å². The third kappa shape index (κ3) is 7.49. The lowest BCUT2D eigenvalue weighted by atomic mass is 10.1. The van der Waals surface area contributed by atoms with Gasteiger partial charge in [0.15, 0.2) is 0 Å². The highest BCUT2D eigenvalue weighted by Gasteiger charge is 2.34. The summed E-state index contributed by atoms with van der Waals surface area (Å²) in [6, 6.07) is 17.7. The molecule has 1 fully saturated rings. The number of esters is 1. The van der Waals surface area contributed by atoms with Gasteiger partial charge in [-0.1, -0.05) is 18.2 Å². The smallest absolute Gasteiger partial charge is 0.329 e. The zero-order valence-electron chi connectivity index (χ0n) is 23.3. The summed E-state index contributed by atoms with van der Waals surface area (Å²) in [5.74, 6) is -0.287. The monoisotopic (exact) mass is 544 g/mol. The van der Waals surface area contributed by atoms with Crippen LogP contribution in [0.15, 0.2) is 66.9 Å². The Labute approximate surface area is 234 Å². The van der Waals surface area contributed by atoms with Gasteiger partial charge < -0.3 is 25.6 Å². The second kappa shape index (κ2) is 12.5. The molecular formula is C30H36N6O4. The van der Waals surface area contributed by atoms with E-state index in [0.717, 1.165) is 30.8 Å². The zero-order valence-corrected chi connectivity index (χ0v) is 23.3. The van der Waals surface area contributed by atoms with Crippen LogP contribution >= 0.6 is 0 Å². The lowest BCUT2D eigenvalue weighted by Crippen LogP contribution is -2.40. The predicted octanol–water partition coefficient (Wildman–Crippen LogP) is 5.53. The number of ether oxygens (including phenoxy) is 1. The Morgan fingerprint density at radius 3 is 2.40 bits per heavy atom. The molecule has 1 aliphatic rings. The molecule has 1 aromatic heterocycles. The predicted molar refractivity (Wildman–Crippen MR) is 157 cm³/mol. The second-order valence-corrected chi connectivity index (χ2v) is 10.5. The number of nitrogens with zero attached hydrogens (tertiary/aromatic N) is 2. The zero-order chi connectivity index (χ0) is 28.7. The van der Waals surface area contributed by atoms with E-state index in [4.69, 9.17) is 4.74 Å². The van der Waals surface area contributed by atoms with Crippen LogP contribution in [-0.4, -0.2) is 47.6 Å². The highest BCUT2D eigenvalue weighted by atomic mass is 16.6. The minimum Gasteiger partial charge on any atom is -0.458 e. The highest BCUT2D eigenvalue weighted by Crippen LogP contribution is 2.29. The van der Waals surface area contributed by atoms with Crippen molar-refractivity contribution in [2.24, 2.45) is 0 Å². The minimum atomic E-state index is -0.543. The van der Waals surface area contributed by atoms with Crippen molar-refractivity contribution >= 4 is 46.5 Å². The minimum absolute atomic E-state index is 0.224. The van der Waals surface area contributed by atoms with E-state index in [0.29, 0.717) is 29.3 Å². The number of rotatable bonds is 8. The van der Waals surface area contributed by atoms with E-state index >= 15 is 0 Å². The topological polar surface area (TPSA) is 125 Å². The first-order valence-corrected chi connectivity index (χ1v) is 13.4. The Hall–Kier alpha value is -4.60. The normalized spacial score (nSPS) is 14.8. The number of benzene rings is 2. The van der Waals surface area contributed by atoms with Gasteiger partial charge in [-0.25, -0.2) is 14.6 Å². The third-order valence-corrected chi connectivity index (χ3v) is 6.17. The van der Waals surface area contributed by atoms with Crippen LogP contribution < -0.4 is 26.2 Å². The molecule has 4 rings (SSSR count). The van der Waals surface area contributed by atoms with Crippen LogP contribution in [0.2, 0.25) is 0 Å². The maximum Gasteiger partial charge on any atom is 0.329 e. The maximum absolute atomic E-state index is 13.3. The molecule has 0 bridgehead atoms. The first-order chi connectivity index (χ1) is 19.1. The van der Waals surface area contributed by atoms with Gasteiger partial charge in [0.1, 0.15) is 17.5 Å². The molecule has 2 aromatic carbocycles. The molecule has 210 valence electrons. The fraction of sp³-hybridized carbons (Fsp3) is 0.333. The molecule has 0 saturated carbocycles. The maximum atomic E-state index is 13.3. The SMILES string of the molecule is CCNC(=O)Nc1cc(Nc2ccccc2)c(C(=O)Nc2ccc(N3CCC[C@H]3C(=O)OC(C)(C)C)cc2)cn1. The fourth-order valence-corrected chi connectivity index (χ4v) is 4.43. The molecule has 0 spiro atoms. The number of anilines is 5. The van der Waals surface area contributed by atoms with Crippen LogP contribution in [0, 0.1) is 0 Å². The lowest BCUT2D eigenvalue weighted by Gasteiger charge is -2.29. The van der Waals surface area contributed by atoms with Crippen molar-refractivity contribution in [3.63, 3.8) is 0 Å². The summed E-state index contributed by atoms with van der Waals surface area (Å²) in [5, 5.41) is 11.5. The first kappa shape index (κ1) is 28.4. The summed E-state index contributed by atoms with van der Waals surface area (Å²) < 4.78 is 5.62. The molecule has 1 aliphatic heterocycles. The molecule has 2 heterocycles. The van der Waals surface area contributed by atoms with E-state index in [1.165, 1.54) is 6.20 Å². The average Bonchev–Trinajstić information content (AvgIpc) is 3.39. The van der Waals surface area contributed by atoms with E-state index in [2.05, 4.69) is 26.3 Å². The Balaban J connectivity index is 1.50. The van der Waals surface area contributed by atoms with Crippen molar-refractivity contribution in [3.05, 3.63) is 72.4 Å². The van der Waals surface area contributed by atoms with Crippen LogP contribution in [0.3, 0.4) is 0 Å². The molecule has 40 heavy (non-hydrogen) atoms. The summed E-state index contributed by atoms with van der Waals surface area (Å²) in [5.41, 5.74) is 2.51. The van der Waals surface area contributed by atoms with Gasteiger partial charge in [0.05, 0.1) is 11.3 Å². The van der Waals surface area contributed by atoms with Crippen molar-refractivity contribution in [2.75, 3.05) is 33.9 Å². The Bertz CT molecular complexity index is 1340. The van der Waals surface area contributed by atoms with Crippen molar-refractivity contribution in [1.82, 2.24) is 10.3 Å². The van der Waals surface area contributed by atoms with Crippen molar-refractivity contribution in [2.45, 2.75) is 52.2 Å². The van der Waals surface area contributed by atoms with E-state index in [-0.39, 0.29) is 23.9 Å². The summed E-state index contributed by atoms with van der Waals surface area (Å²) >= 11 is 0. The summed E-state index contributed by atoms with van der Waals surface area (Å²) in [4.78, 5) is 44.3. The van der Waals surface area contributed by atoms with Crippen LogP contribution in [-0.2, 0) is 9.53 Å². The molecule has 3 amide bonds. The number of pyridine rings is 1. The molecule has 4 N–H and O–H groups in total. The van der Waals surface area contributed by atoms with Gasteiger partial charge in [-0.05, 0) is 76.9 Å². The fourth-order valence-electron chi connectivity index (χ4n) is 4.43. The van der Waals surface area contributed by atoms with Crippen LogP contribution in [0.5, 0.6) is 0 Å².